The van der Waals surface area contributed by atoms with Gasteiger partial charge >= 0.3 is 12.4 Å². The summed E-state index contributed by atoms with van der Waals surface area (Å²) < 4.78 is 80.4. The molecule has 0 aromatic carbocycles. The van der Waals surface area contributed by atoms with E-state index in [1.807, 2.05) is 11.8 Å². The van der Waals surface area contributed by atoms with Gasteiger partial charge in [-0.15, -0.1) is 20.4 Å². The Bertz CT molecular complexity index is 1830. The molecule has 2 amide bonds. The molecule has 22 heteroatoms. The Morgan fingerprint density at radius 2 is 1.09 bits per heavy atom. The van der Waals surface area contributed by atoms with Gasteiger partial charge in [-0.05, 0) is 63.2 Å². The Balaban J connectivity index is 0.000000177. The summed E-state index contributed by atoms with van der Waals surface area (Å²) >= 11 is 0. The van der Waals surface area contributed by atoms with Crippen LogP contribution in [0, 0.1) is 22.0 Å². The van der Waals surface area contributed by atoms with Gasteiger partial charge in [-0.3, -0.25) is 29.5 Å². The van der Waals surface area contributed by atoms with Crippen LogP contribution in [0.2, 0.25) is 0 Å². The molecule has 2 aromatic heterocycles. The number of carbonyl (C=O) groups is 2. The van der Waals surface area contributed by atoms with Gasteiger partial charge in [0.1, 0.15) is 17.2 Å². The van der Waals surface area contributed by atoms with Crippen LogP contribution in [0.3, 0.4) is 0 Å². The minimum absolute atomic E-state index is 0.0199. The topological polar surface area (TPSA) is 178 Å². The van der Waals surface area contributed by atoms with Crippen LogP contribution in [-0.2, 0) is 48.1 Å². The van der Waals surface area contributed by atoms with E-state index < -0.39 is 29.5 Å². The fourth-order valence-corrected chi connectivity index (χ4v) is 10.4. The van der Waals surface area contributed by atoms with Crippen molar-refractivity contribution >= 4 is 11.8 Å². The smallest absolute Gasteiger partial charge is 0.335 e. The van der Waals surface area contributed by atoms with E-state index in [1.54, 1.807) is 4.90 Å². The zero-order chi connectivity index (χ0) is 41.8. The van der Waals surface area contributed by atoms with Crippen LogP contribution in [0.1, 0.15) is 101 Å². The summed E-state index contributed by atoms with van der Waals surface area (Å²) in [5.74, 6) is -0.477. The average Bonchev–Trinajstić information content (AvgIpc) is 3.96. The van der Waals surface area contributed by atoms with Crippen molar-refractivity contribution in [2.75, 3.05) is 39.3 Å². The van der Waals surface area contributed by atoms with Gasteiger partial charge < -0.3 is 24.7 Å². The van der Waals surface area contributed by atoms with Crippen LogP contribution in [0.25, 0.3) is 0 Å². The predicted molar refractivity (Wildman–Crippen MR) is 193 cm³/mol. The first-order valence-electron chi connectivity index (χ1n) is 20.2. The third kappa shape index (κ3) is 8.28. The van der Waals surface area contributed by atoms with E-state index in [1.165, 1.54) is 4.57 Å². The molecule has 2 N–H and O–H groups in total. The maximum atomic E-state index is 13.0. The van der Waals surface area contributed by atoms with Crippen molar-refractivity contribution in [1.82, 2.24) is 49.1 Å². The third-order valence-electron chi connectivity index (χ3n) is 13.5. The lowest BCUT2D eigenvalue weighted by atomic mass is 9.77. The number of halogens is 6. The van der Waals surface area contributed by atoms with Gasteiger partial charge in [0.05, 0.1) is 18.6 Å². The number of nitrogens with zero attached hydrogens (tertiary/aromatic N) is 11. The molecule has 8 rings (SSSR count). The van der Waals surface area contributed by atoms with Crippen LogP contribution in [-0.4, -0.2) is 128 Å². The second kappa shape index (κ2) is 15.9. The number of carbonyl (C=O) groups excluding carboxylic acids is 2. The van der Waals surface area contributed by atoms with E-state index >= 15 is 0 Å². The summed E-state index contributed by atoms with van der Waals surface area (Å²) in [6.45, 7) is 7.64. The minimum Gasteiger partial charge on any atom is -0.335 e. The number of alkyl halides is 6. The lowest BCUT2D eigenvalue weighted by Gasteiger charge is -2.48. The van der Waals surface area contributed by atoms with Gasteiger partial charge in [-0.25, -0.2) is 0 Å². The molecule has 4 fully saturated rings. The van der Waals surface area contributed by atoms with E-state index in [0.29, 0.717) is 88.8 Å². The van der Waals surface area contributed by atoms with E-state index in [0.717, 1.165) is 36.8 Å². The first-order valence-corrected chi connectivity index (χ1v) is 20.2. The molecule has 6 aliphatic rings. The molecule has 2 unspecified atom stereocenters. The van der Waals surface area contributed by atoms with Gasteiger partial charge in [0, 0.05) is 75.7 Å². The van der Waals surface area contributed by atoms with E-state index in [-0.39, 0.29) is 66.5 Å². The van der Waals surface area contributed by atoms with Crippen molar-refractivity contribution in [3.8, 4) is 0 Å². The second-order valence-corrected chi connectivity index (χ2v) is 17.4. The monoisotopic (exact) mass is 830 g/mol. The summed E-state index contributed by atoms with van der Waals surface area (Å²) in [6, 6.07) is 0.370. The van der Waals surface area contributed by atoms with Crippen molar-refractivity contribution in [2.45, 2.75) is 140 Å². The molecular weight excluding hydrogens is 778 g/mol. The summed E-state index contributed by atoms with van der Waals surface area (Å²) in [5, 5.41) is 25.5. The van der Waals surface area contributed by atoms with Gasteiger partial charge in [0.15, 0.2) is 0 Å². The first kappa shape index (κ1) is 42.2. The largest absolute Gasteiger partial charge is 0.451 e. The highest BCUT2D eigenvalue weighted by atomic mass is 19.4. The van der Waals surface area contributed by atoms with E-state index in [2.05, 4.69) is 37.1 Å². The van der Waals surface area contributed by atoms with Crippen LogP contribution < -0.4 is 5.73 Å². The number of hydrogen-bond acceptors (Lipinski definition) is 11. The van der Waals surface area contributed by atoms with E-state index in [9.17, 15) is 46.0 Å². The highest BCUT2D eigenvalue weighted by Crippen LogP contribution is 2.42. The molecule has 16 nitrogen and oxygen atoms in total. The van der Waals surface area contributed by atoms with Gasteiger partial charge in [0.25, 0.3) is 0 Å². The van der Waals surface area contributed by atoms with Crippen LogP contribution in [0.4, 0.5) is 26.3 Å². The summed E-state index contributed by atoms with van der Waals surface area (Å²) in [7, 11) is 0. The predicted octanol–water partition coefficient (Wildman–Crippen LogP) is 3.56. The maximum Gasteiger partial charge on any atom is 0.451 e. The van der Waals surface area contributed by atoms with Gasteiger partial charge in [0.2, 0.25) is 30.0 Å². The summed E-state index contributed by atoms with van der Waals surface area (Å²) in [6.07, 6.45) is -2.18. The molecule has 322 valence electrons. The highest BCUT2D eigenvalue weighted by molar-refractivity contribution is 5.80. The number of nitrogens with two attached hydrogens (primary N) is 1. The molecule has 2 aromatic rings. The summed E-state index contributed by atoms with van der Waals surface area (Å²) in [4.78, 5) is 43.9. The third-order valence-corrected chi connectivity index (χ3v) is 13.5. The average molecular weight is 831 g/mol. The maximum absolute atomic E-state index is 13.0. The molecule has 0 bridgehead atoms. The van der Waals surface area contributed by atoms with Gasteiger partial charge in [-0.2, -0.15) is 26.3 Å². The minimum atomic E-state index is -4.53. The number of amides is 2. The van der Waals surface area contributed by atoms with Crippen molar-refractivity contribution in [2.24, 2.45) is 17.6 Å². The fourth-order valence-electron chi connectivity index (χ4n) is 10.4. The van der Waals surface area contributed by atoms with Crippen LogP contribution in [0.15, 0.2) is 0 Å². The Morgan fingerprint density at radius 1 is 0.690 bits per heavy atom. The number of rotatable bonds is 7. The Labute approximate surface area is 331 Å². The number of aromatic nitrogens is 6. The normalized spacial score (nSPS) is 31.3. The molecule has 2 saturated carbocycles. The number of nitro groups is 1. The first-order chi connectivity index (χ1) is 27.3. The van der Waals surface area contributed by atoms with Crippen molar-refractivity contribution in [1.29, 1.82) is 0 Å². The molecule has 0 radical (unpaired) electrons. The van der Waals surface area contributed by atoms with Crippen molar-refractivity contribution in [3.05, 3.63) is 33.4 Å². The Hall–Kier alpha value is -3.92. The standard InChI is InChI=1S/C18H25F3N6O3.C18H27F3N6O/c1-12-8-15(28)26(9-12)17(11-27(29)30)4-2-13(3-5-17)24-6-7-25-14(10-24)22-23-16(25)18(19,20)21;1-12-8-15(28)27(9-12)17(11-22)4-2-13(3-5-17)25-6-7-26-14(10-25)23-24-16(26)18(19,20)21/h12-13H,2-11H2,1H3;12-13H,2-11,22H2,1H3. The summed E-state index contributed by atoms with van der Waals surface area (Å²) in [5.41, 5.74) is 5.09. The Morgan fingerprint density at radius 3 is 1.43 bits per heavy atom. The van der Waals surface area contributed by atoms with Crippen LogP contribution >= 0.6 is 0 Å². The van der Waals surface area contributed by atoms with Crippen molar-refractivity contribution < 1.29 is 40.9 Å². The molecule has 2 aliphatic carbocycles. The van der Waals surface area contributed by atoms with Gasteiger partial charge in [-0.1, -0.05) is 13.8 Å². The highest BCUT2D eigenvalue weighted by Gasteiger charge is 2.51. The lowest BCUT2D eigenvalue weighted by molar-refractivity contribution is -0.496. The van der Waals surface area contributed by atoms with E-state index in [4.69, 9.17) is 5.73 Å². The zero-order valence-electron chi connectivity index (χ0n) is 32.8. The molecule has 0 spiro atoms. The molecule has 58 heavy (non-hydrogen) atoms. The van der Waals surface area contributed by atoms with Crippen molar-refractivity contribution in [3.63, 3.8) is 0 Å². The Kier molecular flexibility index (Phi) is 11.6. The number of hydrogen-bond donors (Lipinski definition) is 1. The molecule has 2 atom stereocenters. The quantitative estimate of drug-likeness (QED) is 0.245. The second-order valence-electron chi connectivity index (χ2n) is 17.4. The number of likely N-dealkylation sites (tertiary alicyclic amines) is 2. The molecular formula is C36H52F6N12O4. The lowest BCUT2D eigenvalue weighted by Crippen LogP contribution is -2.58. The SMILES string of the molecule is CC1CC(=O)N(C2(CN)CCC(N3CCn4c(nnc4C(F)(F)F)C3)CC2)C1.CC1CC(=O)N(C2(C[N+](=O)[O-])CCC(N3CCn4c(nnc4C(F)(F)F)C3)CC2)C1. The zero-order valence-corrected chi connectivity index (χ0v) is 32.8. The fraction of sp³-hybridized carbons (Fsp3) is 0.833. The molecule has 4 aliphatic heterocycles. The molecule has 6 heterocycles. The number of fused-ring (bicyclic) bond motifs is 2. The molecule has 2 saturated heterocycles. The van der Waals surface area contributed by atoms with Crippen LogP contribution in [0.5, 0.6) is 0 Å².